The van der Waals surface area contributed by atoms with E-state index in [1.807, 2.05) is 38.1 Å². The van der Waals surface area contributed by atoms with Crippen molar-refractivity contribution >= 4 is 11.6 Å². The topological polar surface area (TPSA) is 55.6 Å². The molecule has 1 aromatic rings. The van der Waals surface area contributed by atoms with Gasteiger partial charge >= 0.3 is 0 Å². The fourth-order valence-corrected chi connectivity index (χ4v) is 2.02. The van der Waals surface area contributed by atoms with Crippen LogP contribution in [-0.4, -0.2) is 25.1 Å². The Kier molecular flexibility index (Phi) is 3.87. The summed E-state index contributed by atoms with van der Waals surface area (Å²) in [6.45, 7) is 5.22. The van der Waals surface area contributed by atoms with Gasteiger partial charge in [-0.2, -0.15) is 0 Å². The van der Waals surface area contributed by atoms with Crippen molar-refractivity contribution in [2.75, 3.05) is 18.1 Å². The largest absolute Gasteiger partial charge is 0.491 e. The van der Waals surface area contributed by atoms with Crippen LogP contribution in [0.3, 0.4) is 0 Å². The second kappa shape index (κ2) is 5.40. The summed E-state index contributed by atoms with van der Waals surface area (Å²) in [5, 5.41) is 0. The monoisotopic (exact) mass is 248 g/mol. The average molecular weight is 248 g/mol. The van der Waals surface area contributed by atoms with E-state index >= 15 is 0 Å². The summed E-state index contributed by atoms with van der Waals surface area (Å²) in [6, 6.07) is 7.16. The highest BCUT2D eigenvalue weighted by molar-refractivity contribution is 5.98. The normalized spacial score (nSPS) is 16.8. The van der Waals surface area contributed by atoms with Crippen LogP contribution >= 0.6 is 0 Å². The number of fused-ring (bicyclic) bond motifs is 1. The van der Waals surface area contributed by atoms with Gasteiger partial charge in [-0.1, -0.05) is 26.0 Å². The van der Waals surface area contributed by atoms with E-state index in [0.29, 0.717) is 13.2 Å². The Labute approximate surface area is 108 Å². The lowest BCUT2D eigenvalue weighted by molar-refractivity contribution is -0.120. The molecule has 0 aromatic heterocycles. The van der Waals surface area contributed by atoms with Gasteiger partial charge < -0.3 is 15.4 Å². The van der Waals surface area contributed by atoms with E-state index in [1.165, 1.54) is 0 Å². The Morgan fingerprint density at radius 1 is 1.39 bits per heavy atom. The molecule has 18 heavy (non-hydrogen) atoms. The van der Waals surface area contributed by atoms with Crippen molar-refractivity contribution in [3.8, 4) is 5.75 Å². The molecule has 98 valence electrons. The van der Waals surface area contributed by atoms with E-state index < -0.39 is 6.04 Å². The van der Waals surface area contributed by atoms with E-state index in [4.69, 9.17) is 10.5 Å². The third-order valence-electron chi connectivity index (χ3n) is 3.21. The minimum atomic E-state index is -0.462. The number of carbonyl (C=O) groups excluding carboxylic acids is 1. The fraction of sp³-hybridized carbons (Fsp3) is 0.500. The molecule has 0 fully saturated rings. The van der Waals surface area contributed by atoms with Gasteiger partial charge in [0.2, 0.25) is 5.91 Å². The Morgan fingerprint density at radius 3 is 2.83 bits per heavy atom. The minimum absolute atomic E-state index is 0.0250. The molecule has 1 atom stereocenters. The predicted octanol–water partition coefficient (Wildman–Crippen LogP) is 1.79. The number of hydrogen-bond acceptors (Lipinski definition) is 3. The van der Waals surface area contributed by atoms with Crippen LogP contribution in [0.1, 0.15) is 20.3 Å². The van der Waals surface area contributed by atoms with Gasteiger partial charge in [0.25, 0.3) is 0 Å². The van der Waals surface area contributed by atoms with Crippen molar-refractivity contribution in [2.45, 2.75) is 26.3 Å². The van der Waals surface area contributed by atoms with Crippen molar-refractivity contribution in [3.05, 3.63) is 24.3 Å². The first-order chi connectivity index (χ1) is 8.61. The molecule has 2 N–H and O–H groups in total. The first-order valence-electron chi connectivity index (χ1n) is 6.40. The molecule has 0 saturated heterocycles. The SMILES string of the molecule is CC(C)[C@H](N)C(=O)N1CCCOc2ccccc21. The smallest absolute Gasteiger partial charge is 0.244 e. The van der Waals surface area contributed by atoms with Crippen molar-refractivity contribution in [1.29, 1.82) is 0 Å². The predicted molar refractivity (Wildman–Crippen MR) is 71.7 cm³/mol. The summed E-state index contributed by atoms with van der Waals surface area (Å²) in [6.07, 6.45) is 0.825. The summed E-state index contributed by atoms with van der Waals surface area (Å²) in [7, 11) is 0. The van der Waals surface area contributed by atoms with E-state index in [1.54, 1.807) is 4.90 Å². The molecule has 0 bridgehead atoms. The number of hydrogen-bond donors (Lipinski definition) is 1. The maximum atomic E-state index is 12.4. The van der Waals surface area contributed by atoms with Crippen molar-refractivity contribution in [2.24, 2.45) is 11.7 Å². The molecule has 4 heteroatoms. The number of para-hydroxylation sites is 2. The fourth-order valence-electron chi connectivity index (χ4n) is 2.02. The molecule has 0 radical (unpaired) electrons. The molecule has 2 rings (SSSR count). The number of benzene rings is 1. The molecule has 0 unspecified atom stereocenters. The van der Waals surface area contributed by atoms with Gasteiger partial charge in [0.15, 0.2) is 0 Å². The van der Waals surface area contributed by atoms with Crippen molar-refractivity contribution in [1.82, 2.24) is 0 Å². The summed E-state index contributed by atoms with van der Waals surface area (Å²) in [4.78, 5) is 14.2. The molecule has 1 amide bonds. The molecule has 1 heterocycles. The quantitative estimate of drug-likeness (QED) is 0.868. The van der Waals surface area contributed by atoms with E-state index in [2.05, 4.69) is 0 Å². The van der Waals surface area contributed by atoms with Crippen LogP contribution in [-0.2, 0) is 4.79 Å². The van der Waals surface area contributed by atoms with Crippen LogP contribution in [0.2, 0.25) is 0 Å². The first-order valence-corrected chi connectivity index (χ1v) is 6.40. The lowest BCUT2D eigenvalue weighted by atomic mass is 10.0. The van der Waals surface area contributed by atoms with E-state index in [9.17, 15) is 4.79 Å². The third kappa shape index (κ3) is 2.48. The van der Waals surface area contributed by atoms with Crippen molar-refractivity contribution in [3.63, 3.8) is 0 Å². The second-order valence-electron chi connectivity index (χ2n) is 4.93. The average Bonchev–Trinajstić information content (AvgIpc) is 2.59. The molecular weight excluding hydrogens is 228 g/mol. The Morgan fingerprint density at radius 2 is 2.11 bits per heavy atom. The number of anilines is 1. The van der Waals surface area contributed by atoms with Gasteiger partial charge in [-0.3, -0.25) is 4.79 Å². The Hall–Kier alpha value is -1.55. The van der Waals surface area contributed by atoms with Crippen LogP contribution in [0.25, 0.3) is 0 Å². The van der Waals surface area contributed by atoms with Gasteiger partial charge in [0, 0.05) is 6.54 Å². The maximum Gasteiger partial charge on any atom is 0.244 e. The minimum Gasteiger partial charge on any atom is -0.491 e. The zero-order valence-electron chi connectivity index (χ0n) is 10.9. The van der Waals surface area contributed by atoms with Gasteiger partial charge in [-0.25, -0.2) is 0 Å². The summed E-state index contributed by atoms with van der Waals surface area (Å²) in [5.74, 6) is 0.871. The molecular formula is C14H20N2O2. The number of rotatable bonds is 2. The molecule has 4 nitrogen and oxygen atoms in total. The first kappa shape index (κ1) is 12.9. The second-order valence-corrected chi connectivity index (χ2v) is 4.93. The van der Waals surface area contributed by atoms with Crippen molar-refractivity contribution < 1.29 is 9.53 Å². The number of amides is 1. The van der Waals surface area contributed by atoms with Crippen LogP contribution < -0.4 is 15.4 Å². The maximum absolute atomic E-state index is 12.4. The van der Waals surface area contributed by atoms with E-state index in [0.717, 1.165) is 17.9 Å². The highest BCUT2D eigenvalue weighted by Crippen LogP contribution is 2.31. The summed E-state index contributed by atoms with van der Waals surface area (Å²) < 4.78 is 5.63. The number of carbonyl (C=O) groups is 1. The lowest BCUT2D eigenvalue weighted by Crippen LogP contribution is -2.47. The Balaban J connectivity index is 2.30. The molecule has 1 aliphatic rings. The van der Waals surface area contributed by atoms with Gasteiger partial charge in [-0.05, 0) is 24.5 Å². The lowest BCUT2D eigenvalue weighted by Gasteiger charge is -2.26. The molecule has 0 saturated carbocycles. The zero-order valence-corrected chi connectivity index (χ0v) is 10.9. The highest BCUT2D eigenvalue weighted by Gasteiger charge is 2.27. The Bertz CT molecular complexity index is 432. The van der Waals surface area contributed by atoms with Gasteiger partial charge in [-0.15, -0.1) is 0 Å². The van der Waals surface area contributed by atoms with Gasteiger partial charge in [0.05, 0.1) is 18.3 Å². The molecule has 1 aliphatic heterocycles. The third-order valence-corrected chi connectivity index (χ3v) is 3.21. The number of ether oxygens (including phenoxy) is 1. The molecule has 1 aromatic carbocycles. The van der Waals surface area contributed by atoms with Crippen LogP contribution in [0, 0.1) is 5.92 Å². The van der Waals surface area contributed by atoms with Crippen LogP contribution in [0.5, 0.6) is 5.75 Å². The van der Waals surface area contributed by atoms with Crippen LogP contribution in [0.4, 0.5) is 5.69 Å². The van der Waals surface area contributed by atoms with Gasteiger partial charge in [0.1, 0.15) is 5.75 Å². The summed E-state index contributed by atoms with van der Waals surface area (Å²) >= 11 is 0. The van der Waals surface area contributed by atoms with Crippen LogP contribution in [0.15, 0.2) is 24.3 Å². The number of nitrogens with zero attached hydrogens (tertiary/aromatic N) is 1. The highest BCUT2D eigenvalue weighted by atomic mass is 16.5. The zero-order chi connectivity index (χ0) is 13.1. The van der Waals surface area contributed by atoms with E-state index in [-0.39, 0.29) is 11.8 Å². The standard InChI is InChI=1S/C14H20N2O2/c1-10(2)13(15)14(17)16-8-5-9-18-12-7-4-3-6-11(12)16/h3-4,6-7,10,13H,5,8-9,15H2,1-2H3/t13-/m0/s1. The number of nitrogens with two attached hydrogens (primary N) is 1. The molecule has 0 spiro atoms. The molecule has 0 aliphatic carbocycles. The summed E-state index contributed by atoms with van der Waals surface area (Å²) in [5.41, 5.74) is 6.80.